The molecular weight excluding hydrogens is 338 g/mol. The smallest absolute Gasteiger partial charge is 0.231 e. The average Bonchev–Trinajstić information content (AvgIpc) is 2.75. The number of carbonyl (C=O) groups is 1. The molecule has 0 aliphatic carbocycles. The molecular formula is C21H21N5O. The third-order valence-corrected chi connectivity index (χ3v) is 5.97. The van der Waals surface area contributed by atoms with Crippen LogP contribution in [0.5, 0.6) is 0 Å². The minimum absolute atomic E-state index is 0.108. The van der Waals surface area contributed by atoms with Gasteiger partial charge in [0.1, 0.15) is 5.82 Å². The van der Waals surface area contributed by atoms with E-state index in [4.69, 9.17) is 4.98 Å². The van der Waals surface area contributed by atoms with Crippen LogP contribution in [-0.2, 0) is 4.79 Å². The Morgan fingerprint density at radius 1 is 1.07 bits per heavy atom. The molecule has 6 heterocycles. The summed E-state index contributed by atoms with van der Waals surface area (Å²) in [7, 11) is 0. The van der Waals surface area contributed by atoms with Crippen LogP contribution in [0.3, 0.4) is 0 Å². The number of rotatable bonds is 3. The molecule has 6 heteroatoms. The van der Waals surface area contributed by atoms with Gasteiger partial charge in [-0.3, -0.25) is 9.78 Å². The van der Waals surface area contributed by atoms with E-state index in [1.807, 2.05) is 30.3 Å². The van der Waals surface area contributed by atoms with Gasteiger partial charge in [0.05, 0.1) is 16.6 Å². The van der Waals surface area contributed by atoms with E-state index in [0.29, 0.717) is 5.82 Å². The van der Waals surface area contributed by atoms with E-state index < -0.39 is 0 Å². The van der Waals surface area contributed by atoms with E-state index in [0.717, 1.165) is 61.1 Å². The van der Waals surface area contributed by atoms with Gasteiger partial charge in [-0.05, 0) is 63.2 Å². The third kappa shape index (κ3) is 2.96. The van der Waals surface area contributed by atoms with Crippen molar-refractivity contribution in [3.05, 3.63) is 48.9 Å². The highest BCUT2D eigenvalue weighted by molar-refractivity contribution is 5.96. The molecule has 136 valence electrons. The largest absolute Gasteiger partial charge is 0.310 e. The van der Waals surface area contributed by atoms with Crippen LogP contribution in [0, 0.1) is 5.41 Å². The Morgan fingerprint density at radius 3 is 2.63 bits per heavy atom. The van der Waals surface area contributed by atoms with E-state index >= 15 is 0 Å². The van der Waals surface area contributed by atoms with Crippen molar-refractivity contribution in [1.29, 1.82) is 0 Å². The first kappa shape index (κ1) is 16.3. The molecule has 3 aromatic heterocycles. The van der Waals surface area contributed by atoms with Crippen molar-refractivity contribution < 1.29 is 4.79 Å². The van der Waals surface area contributed by atoms with E-state index in [-0.39, 0.29) is 11.3 Å². The lowest BCUT2D eigenvalue weighted by Gasteiger charge is -2.47. The van der Waals surface area contributed by atoms with Gasteiger partial charge in [0.15, 0.2) is 0 Å². The van der Waals surface area contributed by atoms with Crippen molar-refractivity contribution in [2.24, 2.45) is 5.41 Å². The molecule has 1 N–H and O–H groups in total. The molecule has 0 atom stereocenters. The number of anilines is 1. The molecule has 3 aliphatic heterocycles. The second-order valence-electron chi connectivity index (χ2n) is 7.53. The van der Waals surface area contributed by atoms with E-state index in [1.165, 1.54) is 0 Å². The first-order valence-electron chi connectivity index (χ1n) is 9.43. The zero-order valence-electron chi connectivity index (χ0n) is 15.1. The second-order valence-corrected chi connectivity index (χ2v) is 7.53. The quantitative estimate of drug-likeness (QED) is 0.778. The molecule has 3 aliphatic rings. The number of piperidine rings is 3. The van der Waals surface area contributed by atoms with Gasteiger partial charge in [0.2, 0.25) is 5.91 Å². The maximum Gasteiger partial charge on any atom is 0.231 e. The summed E-state index contributed by atoms with van der Waals surface area (Å²) in [6.07, 6.45) is 8.14. The summed E-state index contributed by atoms with van der Waals surface area (Å²) in [5.74, 6) is 0.683. The summed E-state index contributed by atoms with van der Waals surface area (Å²) in [5.41, 5.74) is 2.42. The molecule has 6 rings (SSSR count). The topological polar surface area (TPSA) is 71.0 Å². The number of hydrogen-bond acceptors (Lipinski definition) is 5. The van der Waals surface area contributed by atoms with Crippen molar-refractivity contribution in [2.45, 2.75) is 19.3 Å². The number of pyridine rings is 3. The van der Waals surface area contributed by atoms with Crippen LogP contribution in [0.1, 0.15) is 19.3 Å². The van der Waals surface area contributed by atoms with Crippen LogP contribution in [0.2, 0.25) is 0 Å². The molecule has 27 heavy (non-hydrogen) atoms. The van der Waals surface area contributed by atoms with Gasteiger partial charge in [-0.25, -0.2) is 9.97 Å². The zero-order chi connectivity index (χ0) is 18.3. The Hall–Kier alpha value is -2.86. The summed E-state index contributed by atoms with van der Waals surface area (Å²) in [6.45, 7) is 3.07. The van der Waals surface area contributed by atoms with Gasteiger partial charge < -0.3 is 10.2 Å². The Morgan fingerprint density at radius 2 is 1.89 bits per heavy atom. The number of hydrogen-bond donors (Lipinski definition) is 1. The first-order chi connectivity index (χ1) is 13.2. The summed E-state index contributed by atoms with van der Waals surface area (Å²) in [4.78, 5) is 28.7. The van der Waals surface area contributed by atoms with Crippen LogP contribution >= 0.6 is 0 Å². The molecule has 6 nitrogen and oxygen atoms in total. The maximum absolute atomic E-state index is 13.0. The van der Waals surface area contributed by atoms with E-state index in [9.17, 15) is 4.79 Å². The number of carbonyl (C=O) groups excluding carboxylic acids is 1. The molecule has 0 radical (unpaired) electrons. The van der Waals surface area contributed by atoms with Crippen molar-refractivity contribution in [1.82, 2.24) is 19.9 Å². The van der Waals surface area contributed by atoms with Gasteiger partial charge in [0, 0.05) is 35.6 Å². The van der Waals surface area contributed by atoms with Crippen molar-refractivity contribution in [3.8, 4) is 11.3 Å². The molecule has 0 unspecified atom stereocenters. The van der Waals surface area contributed by atoms with Crippen LogP contribution in [-0.4, -0.2) is 45.4 Å². The van der Waals surface area contributed by atoms with Gasteiger partial charge in [-0.15, -0.1) is 0 Å². The Kier molecular flexibility index (Phi) is 3.86. The maximum atomic E-state index is 13.0. The van der Waals surface area contributed by atoms with E-state index in [1.54, 1.807) is 18.6 Å². The minimum atomic E-state index is -0.226. The zero-order valence-corrected chi connectivity index (χ0v) is 15.1. The van der Waals surface area contributed by atoms with Crippen LogP contribution in [0.15, 0.2) is 48.9 Å². The number of fused-ring (bicyclic) bond motifs is 4. The monoisotopic (exact) mass is 359 g/mol. The first-order valence-corrected chi connectivity index (χ1v) is 9.43. The highest BCUT2D eigenvalue weighted by Gasteiger charge is 2.45. The predicted octanol–water partition coefficient (Wildman–Crippen LogP) is 3.12. The summed E-state index contributed by atoms with van der Waals surface area (Å²) < 4.78 is 0. The fourth-order valence-electron chi connectivity index (χ4n) is 4.18. The molecule has 0 spiro atoms. The highest BCUT2D eigenvalue weighted by atomic mass is 16.2. The van der Waals surface area contributed by atoms with Crippen molar-refractivity contribution in [3.63, 3.8) is 0 Å². The van der Waals surface area contributed by atoms with Crippen molar-refractivity contribution in [2.75, 3.05) is 25.0 Å². The van der Waals surface area contributed by atoms with Gasteiger partial charge >= 0.3 is 0 Å². The van der Waals surface area contributed by atoms with Crippen LogP contribution in [0.4, 0.5) is 5.82 Å². The number of aromatic nitrogens is 3. The molecule has 3 fully saturated rings. The minimum Gasteiger partial charge on any atom is -0.310 e. The molecule has 0 saturated carbocycles. The standard InChI is InChI=1S/C21H21N5O/c27-20(21-5-9-26(10-6-21)11-7-21)25-19-12-18-16(14-23-19)3-4-17(24-18)15-2-1-8-22-13-15/h1-4,8,12-14H,5-7,9-11H2,(H,23,25,27). The number of nitrogens with zero attached hydrogens (tertiary/aromatic N) is 4. The summed E-state index contributed by atoms with van der Waals surface area (Å²) in [6, 6.07) is 9.71. The Bertz CT molecular complexity index is 982. The molecule has 3 aromatic rings. The molecule has 3 saturated heterocycles. The number of amides is 1. The molecule has 0 aromatic carbocycles. The fourth-order valence-corrected chi connectivity index (χ4v) is 4.18. The van der Waals surface area contributed by atoms with Gasteiger partial charge in [0.25, 0.3) is 0 Å². The third-order valence-electron chi connectivity index (χ3n) is 5.97. The molecule has 1 amide bonds. The SMILES string of the molecule is O=C(Nc1cc2nc(-c3cccnc3)ccc2cn1)C12CCN(CC1)CC2. The Balaban J connectivity index is 1.43. The normalized spacial score (nSPS) is 24.1. The second kappa shape index (κ2) is 6.39. The predicted molar refractivity (Wildman–Crippen MR) is 104 cm³/mol. The lowest BCUT2D eigenvalue weighted by Crippen LogP contribution is -2.53. The summed E-state index contributed by atoms with van der Waals surface area (Å²) in [5, 5.41) is 4.01. The highest BCUT2D eigenvalue weighted by Crippen LogP contribution is 2.40. The van der Waals surface area contributed by atoms with Crippen LogP contribution in [0.25, 0.3) is 22.2 Å². The average molecular weight is 359 g/mol. The Labute approximate surface area is 157 Å². The lowest BCUT2D eigenvalue weighted by molar-refractivity contribution is -0.132. The van der Waals surface area contributed by atoms with Gasteiger partial charge in [-0.1, -0.05) is 0 Å². The fraction of sp³-hybridized carbons (Fsp3) is 0.333. The molecule has 2 bridgehead atoms. The van der Waals surface area contributed by atoms with Crippen molar-refractivity contribution >= 4 is 22.6 Å². The lowest BCUT2D eigenvalue weighted by atomic mass is 9.71. The van der Waals surface area contributed by atoms with E-state index in [2.05, 4.69) is 20.2 Å². The number of nitrogens with one attached hydrogen (secondary N) is 1. The van der Waals surface area contributed by atoms with Gasteiger partial charge in [-0.2, -0.15) is 0 Å². The van der Waals surface area contributed by atoms with Crippen LogP contribution < -0.4 is 5.32 Å². The summed E-state index contributed by atoms with van der Waals surface area (Å²) >= 11 is 0.